The zero-order valence-corrected chi connectivity index (χ0v) is 14.7. The summed E-state index contributed by atoms with van der Waals surface area (Å²) >= 11 is 1.73. The minimum atomic E-state index is -0.379. The third-order valence-corrected chi connectivity index (χ3v) is 5.97. The molecular weight excluding hydrogens is 336 g/mol. The molecule has 128 valence electrons. The third kappa shape index (κ3) is 2.48. The minimum absolute atomic E-state index is 0.0256. The van der Waals surface area contributed by atoms with Crippen molar-refractivity contribution in [1.82, 2.24) is 9.80 Å². The molecule has 3 amide bonds. The second-order valence-electron chi connectivity index (χ2n) is 6.30. The summed E-state index contributed by atoms with van der Waals surface area (Å²) in [6.07, 6.45) is 1.65. The van der Waals surface area contributed by atoms with Crippen molar-refractivity contribution >= 4 is 29.1 Å². The van der Waals surface area contributed by atoms with E-state index in [1.165, 1.54) is 10.4 Å². The first-order valence-corrected chi connectivity index (χ1v) is 9.30. The number of nitrogens with zero attached hydrogens (tertiary/aromatic N) is 2. The van der Waals surface area contributed by atoms with Crippen molar-refractivity contribution < 1.29 is 14.4 Å². The summed E-state index contributed by atoms with van der Waals surface area (Å²) in [5.41, 5.74) is 1.96. The molecule has 1 aromatic carbocycles. The third-order valence-electron chi connectivity index (χ3n) is 4.97. The van der Waals surface area contributed by atoms with E-state index in [0.29, 0.717) is 17.7 Å². The fourth-order valence-electron chi connectivity index (χ4n) is 3.74. The van der Waals surface area contributed by atoms with Crippen molar-refractivity contribution in [3.63, 3.8) is 0 Å². The fourth-order valence-corrected chi connectivity index (χ4v) is 4.67. The molecule has 2 aromatic rings. The first-order valence-electron chi connectivity index (χ1n) is 8.42. The van der Waals surface area contributed by atoms with Crippen molar-refractivity contribution in [2.24, 2.45) is 0 Å². The Labute approximate surface area is 149 Å². The number of carbonyl (C=O) groups excluding carboxylic acids is 3. The van der Waals surface area contributed by atoms with Gasteiger partial charge in [0, 0.05) is 11.4 Å². The molecule has 0 spiro atoms. The Morgan fingerprint density at radius 1 is 1.16 bits per heavy atom. The highest BCUT2D eigenvalue weighted by atomic mass is 32.1. The van der Waals surface area contributed by atoms with Crippen LogP contribution in [-0.2, 0) is 11.2 Å². The molecule has 1 atom stereocenters. The molecule has 4 rings (SSSR count). The number of amides is 3. The minimum Gasteiger partial charge on any atom is -0.334 e. The summed E-state index contributed by atoms with van der Waals surface area (Å²) in [6, 6.07) is 8.82. The van der Waals surface area contributed by atoms with Crippen LogP contribution >= 0.6 is 11.3 Å². The lowest BCUT2D eigenvalue weighted by atomic mass is 9.97. The van der Waals surface area contributed by atoms with Crippen LogP contribution in [0.4, 0.5) is 0 Å². The summed E-state index contributed by atoms with van der Waals surface area (Å²) in [6.45, 7) is 2.50. The topological polar surface area (TPSA) is 57.7 Å². The first-order chi connectivity index (χ1) is 12.1. The number of hydrogen-bond donors (Lipinski definition) is 0. The maximum absolute atomic E-state index is 12.9. The van der Waals surface area contributed by atoms with Crippen molar-refractivity contribution in [3.05, 3.63) is 57.3 Å². The highest BCUT2D eigenvalue weighted by Crippen LogP contribution is 2.35. The summed E-state index contributed by atoms with van der Waals surface area (Å²) in [4.78, 5) is 42.0. The van der Waals surface area contributed by atoms with Crippen LogP contribution in [-0.4, -0.2) is 40.6 Å². The summed E-state index contributed by atoms with van der Waals surface area (Å²) < 4.78 is 0. The Balaban J connectivity index is 1.55. The molecule has 0 unspecified atom stereocenters. The maximum atomic E-state index is 12.9. The molecule has 0 bridgehead atoms. The quantitative estimate of drug-likeness (QED) is 0.797. The molecule has 0 saturated heterocycles. The average molecular weight is 354 g/mol. The van der Waals surface area contributed by atoms with Gasteiger partial charge in [0.1, 0.15) is 6.54 Å². The highest BCUT2D eigenvalue weighted by molar-refractivity contribution is 7.10. The van der Waals surface area contributed by atoms with Crippen LogP contribution in [0.1, 0.15) is 50.5 Å². The normalized spacial score (nSPS) is 19.2. The van der Waals surface area contributed by atoms with Crippen molar-refractivity contribution in [1.29, 1.82) is 0 Å². The zero-order chi connectivity index (χ0) is 17.6. The van der Waals surface area contributed by atoms with E-state index in [9.17, 15) is 14.4 Å². The molecule has 3 heterocycles. The molecule has 5 nitrogen and oxygen atoms in total. The van der Waals surface area contributed by atoms with Crippen molar-refractivity contribution in [2.75, 3.05) is 13.1 Å². The van der Waals surface area contributed by atoms with E-state index < -0.39 is 0 Å². The van der Waals surface area contributed by atoms with Gasteiger partial charge in [0.15, 0.2) is 0 Å². The van der Waals surface area contributed by atoms with Crippen LogP contribution in [0.3, 0.4) is 0 Å². The Hall–Kier alpha value is -2.47. The van der Waals surface area contributed by atoms with Gasteiger partial charge in [0.2, 0.25) is 5.91 Å². The van der Waals surface area contributed by atoms with E-state index in [0.717, 1.165) is 17.7 Å². The number of fused-ring (bicyclic) bond motifs is 2. The Kier molecular flexibility index (Phi) is 3.92. The lowest BCUT2D eigenvalue weighted by molar-refractivity contribution is -0.134. The summed E-state index contributed by atoms with van der Waals surface area (Å²) in [7, 11) is 0. The van der Waals surface area contributed by atoms with E-state index in [2.05, 4.69) is 18.4 Å². The Morgan fingerprint density at radius 3 is 2.48 bits per heavy atom. The molecule has 2 aliphatic rings. The van der Waals surface area contributed by atoms with E-state index in [1.807, 2.05) is 4.90 Å². The molecule has 0 fully saturated rings. The number of imide groups is 1. The fraction of sp³-hybridized carbons (Fsp3) is 0.316. The van der Waals surface area contributed by atoms with Gasteiger partial charge in [0.25, 0.3) is 11.8 Å². The van der Waals surface area contributed by atoms with E-state index in [-0.39, 0.29) is 30.3 Å². The molecule has 6 heteroatoms. The van der Waals surface area contributed by atoms with Gasteiger partial charge >= 0.3 is 0 Å². The van der Waals surface area contributed by atoms with Crippen molar-refractivity contribution in [2.45, 2.75) is 25.8 Å². The molecule has 0 saturated carbocycles. The second-order valence-corrected chi connectivity index (χ2v) is 7.30. The smallest absolute Gasteiger partial charge is 0.262 e. The van der Waals surface area contributed by atoms with Gasteiger partial charge in [-0.25, -0.2) is 0 Å². The van der Waals surface area contributed by atoms with Gasteiger partial charge in [-0.2, -0.15) is 0 Å². The van der Waals surface area contributed by atoms with Crippen LogP contribution in [0.15, 0.2) is 35.7 Å². The lowest BCUT2D eigenvalue weighted by Crippen LogP contribution is -2.46. The predicted molar refractivity (Wildman–Crippen MR) is 94.6 cm³/mol. The first kappa shape index (κ1) is 16.0. The molecule has 2 aliphatic heterocycles. The Morgan fingerprint density at radius 2 is 1.84 bits per heavy atom. The molecule has 0 aliphatic carbocycles. The second kappa shape index (κ2) is 6.11. The molecule has 0 radical (unpaired) electrons. The molecule has 1 aromatic heterocycles. The number of carbonyl (C=O) groups is 3. The van der Waals surface area contributed by atoms with Crippen LogP contribution in [0, 0.1) is 0 Å². The predicted octanol–water partition coefficient (Wildman–Crippen LogP) is 2.88. The number of benzene rings is 1. The van der Waals surface area contributed by atoms with Gasteiger partial charge < -0.3 is 4.90 Å². The molecule has 0 N–H and O–H groups in total. The summed E-state index contributed by atoms with van der Waals surface area (Å²) in [5.74, 6) is -0.927. The maximum Gasteiger partial charge on any atom is 0.262 e. The Bertz CT molecular complexity index is 838. The molecule has 25 heavy (non-hydrogen) atoms. The van der Waals surface area contributed by atoms with Gasteiger partial charge in [-0.1, -0.05) is 19.1 Å². The van der Waals surface area contributed by atoms with E-state index in [4.69, 9.17) is 0 Å². The van der Waals surface area contributed by atoms with Crippen LogP contribution < -0.4 is 0 Å². The van der Waals surface area contributed by atoms with Crippen LogP contribution in [0.2, 0.25) is 0 Å². The highest BCUT2D eigenvalue weighted by Gasteiger charge is 2.38. The number of hydrogen-bond acceptors (Lipinski definition) is 4. The van der Waals surface area contributed by atoms with Crippen LogP contribution in [0.5, 0.6) is 0 Å². The van der Waals surface area contributed by atoms with Crippen molar-refractivity contribution in [3.8, 4) is 0 Å². The lowest BCUT2D eigenvalue weighted by Gasteiger charge is -2.36. The standard InChI is InChI=1S/C19H18N2O3S/c1-2-15-14-8-10-25-16(14)7-9-20(15)17(22)11-21-18(23)12-5-3-4-6-13(12)19(21)24/h3-6,8,10,15H,2,7,9,11H2,1H3/t15-/m1/s1. The van der Waals surface area contributed by atoms with Gasteiger partial charge in [0.05, 0.1) is 17.2 Å². The van der Waals surface area contributed by atoms with Gasteiger partial charge in [-0.05, 0) is 42.0 Å². The monoisotopic (exact) mass is 354 g/mol. The average Bonchev–Trinajstić information content (AvgIpc) is 3.20. The van der Waals surface area contributed by atoms with Gasteiger partial charge in [-0.15, -0.1) is 11.3 Å². The molecular formula is C19H18N2O3S. The largest absolute Gasteiger partial charge is 0.334 e. The summed E-state index contributed by atoms with van der Waals surface area (Å²) in [5, 5.41) is 2.06. The SMILES string of the molecule is CC[C@@H]1c2ccsc2CCN1C(=O)CN1C(=O)c2ccccc2C1=O. The van der Waals surface area contributed by atoms with Crippen LogP contribution in [0.25, 0.3) is 0 Å². The van der Waals surface area contributed by atoms with E-state index >= 15 is 0 Å². The van der Waals surface area contributed by atoms with Gasteiger partial charge in [-0.3, -0.25) is 19.3 Å². The van der Waals surface area contributed by atoms with E-state index in [1.54, 1.807) is 35.6 Å². The number of rotatable bonds is 3. The zero-order valence-electron chi connectivity index (χ0n) is 13.9. The number of thiophene rings is 1.